The van der Waals surface area contributed by atoms with Crippen LogP contribution in [0.1, 0.15) is 30.7 Å². The number of rotatable bonds is 8. The zero-order valence-electron chi connectivity index (χ0n) is 18.0. The van der Waals surface area contributed by atoms with E-state index in [0.717, 1.165) is 22.6 Å². The Morgan fingerprint density at radius 1 is 1.09 bits per heavy atom. The average Bonchev–Trinajstić information content (AvgIpc) is 3.06. The molecule has 0 saturated carbocycles. The van der Waals surface area contributed by atoms with Crippen LogP contribution in [0.5, 0.6) is 11.6 Å². The summed E-state index contributed by atoms with van der Waals surface area (Å²) in [5.41, 5.74) is 2.51. The van der Waals surface area contributed by atoms with Gasteiger partial charge in [-0.1, -0.05) is 54.7 Å². The maximum atomic E-state index is 12.2. The van der Waals surface area contributed by atoms with Crippen molar-refractivity contribution in [2.45, 2.75) is 33.9 Å². The lowest BCUT2D eigenvalue weighted by molar-refractivity contribution is 0.197. The number of aryl methyl sites for hydroxylation is 1. The summed E-state index contributed by atoms with van der Waals surface area (Å²) in [5, 5.41) is 8.54. The van der Waals surface area contributed by atoms with E-state index >= 15 is 0 Å². The molecule has 3 rings (SSSR count). The van der Waals surface area contributed by atoms with Gasteiger partial charge < -0.3 is 14.8 Å². The van der Waals surface area contributed by atoms with Crippen molar-refractivity contribution in [1.29, 1.82) is 0 Å². The molecular weight excluding hydrogens is 473 g/mol. The van der Waals surface area contributed by atoms with Gasteiger partial charge in [0, 0.05) is 28.9 Å². The van der Waals surface area contributed by atoms with E-state index < -0.39 is 6.09 Å². The van der Waals surface area contributed by atoms with E-state index in [1.807, 2.05) is 19.1 Å². The Hall–Kier alpha value is -2.41. The predicted octanol–water partition coefficient (Wildman–Crippen LogP) is 6.52. The van der Waals surface area contributed by atoms with Crippen LogP contribution >= 0.6 is 34.8 Å². The van der Waals surface area contributed by atoms with E-state index in [1.54, 1.807) is 35.0 Å². The van der Waals surface area contributed by atoms with Crippen LogP contribution in [0.25, 0.3) is 0 Å². The second kappa shape index (κ2) is 10.9. The van der Waals surface area contributed by atoms with Gasteiger partial charge in [-0.2, -0.15) is 0 Å². The molecule has 1 aromatic heterocycles. The molecule has 9 heteroatoms. The van der Waals surface area contributed by atoms with E-state index in [4.69, 9.17) is 44.3 Å². The lowest BCUT2D eigenvalue weighted by atomic mass is 10.2. The largest absolute Gasteiger partial charge is 0.493 e. The summed E-state index contributed by atoms with van der Waals surface area (Å²) in [6.07, 6.45) is -0.621. The van der Waals surface area contributed by atoms with Crippen LogP contribution in [0, 0.1) is 12.8 Å². The molecule has 0 bridgehead atoms. The molecule has 0 aliphatic heterocycles. The number of hydrogen-bond donors (Lipinski definition) is 1. The predicted molar refractivity (Wildman–Crippen MR) is 127 cm³/mol. The molecule has 0 aliphatic rings. The maximum absolute atomic E-state index is 12.2. The van der Waals surface area contributed by atoms with Gasteiger partial charge in [0.1, 0.15) is 5.75 Å². The minimum absolute atomic E-state index is 0.195. The molecule has 0 fully saturated rings. The molecule has 0 unspecified atom stereocenters. The molecule has 170 valence electrons. The fourth-order valence-electron chi connectivity index (χ4n) is 2.87. The number of nitrogens with one attached hydrogen (secondary N) is 1. The minimum Gasteiger partial charge on any atom is -0.493 e. The molecule has 1 amide bonds. The first-order valence-corrected chi connectivity index (χ1v) is 11.2. The smallest absolute Gasteiger partial charge is 0.414 e. The monoisotopic (exact) mass is 495 g/mol. The summed E-state index contributed by atoms with van der Waals surface area (Å²) in [6.45, 7) is 7.32. The number of ether oxygens (including phenoxy) is 2. The summed E-state index contributed by atoms with van der Waals surface area (Å²) in [5.74, 6) is 1.34. The van der Waals surface area contributed by atoms with Crippen LogP contribution in [0.3, 0.4) is 0 Å². The first-order chi connectivity index (χ1) is 15.2. The highest BCUT2D eigenvalue weighted by atomic mass is 35.5. The van der Waals surface area contributed by atoms with Gasteiger partial charge in [0.25, 0.3) is 0 Å². The first-order valence-electron chi connectivity index (χ1n) is 10.1. The Morgan fingerprint density at radius 2 is 1.88 bits per heavy atom. The van der Waals surface area contributed by atoms with Gasteiger partial charge >= 0.3 is 6.09 Å². The van der Waals surface area contributed by atoms with Crippen molar-refractivity contribution in [3.05, 3.63) is 74.4 Å². The van der Waals surface area contributed by atoms with Gasteiger partial charge in [-0.15, -0.1) is 5.10 Å². The van der Waals surface area contributed by atoms with Crippen molar-refractivity contribution in [3.63, 3.8) is 0 Å². The van der Waals surface area contributed by atoms with E-state index in [9.17, 15) is 4.79 Å². The topological polar surface area (TPSA) is 65.4 Å². The van der Waals surface area contributed by atoms with Gasteiger partial charge in [0.15, 0.2) is 0 Å². The lowest BCUT2D eigenvalue weighted by Crippen LogP contribution is -2.26. The van der Waals surface area contributed by atoms with Gasteiger partial charge in [0.05, 0.1) is 23.2 Å². The van der Waals surface area contributed by atoms with Crippen LogP contribution in [0.15, 0.2) is 42.5 Å². The zero-order chi connectivity index (χ0) is 23.3. The standard InChI is InChI=1S/C23H24Cl3N3O3/c1-14(2)13-31-21-7-5-18(24)10-17(21)12-29-15(3)8-22(28-29)32-23(30)27-11-16-4-6-19(25)20(26)9-16/h4-10,14H,11-13H2,1-3H3,(H,27,30). The van der Waals surface area contributed by atoms with Gasteiger partial charge in [-0.3, -0.25) is 4.68 Å². The van der Waals surface area contributed by atoms with Gasteiger partial charge in [-0.05, 0) is 48.7 Å². The number of carbonyl (C=O) groups excluding carboxylic acids is 1. The molecule has 0 atom stereocenters. The SMILES string of the molecule is Cc1cc(OC(=O)NCc2ccc(Cl)c(Cl)c2)nn1Cc1cc(Cl)ccc1OCC(C)C. The van der Waals surface area contributed by atoms with E-state index in [0.29, 0.717) is 34.1 Å². The first kappa shape index (κ1) is 24.2. The molecule has 6 nitrogen and oxygen atoms in total. The third-order valence-electron chi connectivity index (χ3n) is 4.49. The number of carbonyl (C=O) groups is 1. The normalized spacial score (nSPS) is 11.0. The highest BCUT2D eigenvalue weighted by molar-refractivity contribution is 6.42. The molecule has 2 aromatic carbocycles. The number of hydrogen-bond acceptors (Lipinski definition) is 4. The number of nitrogens with zero attached hydrogens (tertiary/aromatic N) is 2. The summed E-state index contributed by atoms with van der Waals surface area (Å²) >= 11 is 18.1. The lowest BCUT2D eigenvalue weighted by Gasteiger charge is -2.14. The number of aromatic nitrogens is 2. The second-order valence-corrected chi connectivity index (χ2v) is 8.98. The maximum Gasteiger partial charge on any atom is 0.414 e. The fraction of sp³-hybridized carbons (Fsp3) is 0.304. The minimum atomic E-state index is -0.621. The van der Waals surface area contributed by atoms with Crippen LogP contribution in [0.4, 0.5) is 4.79 Å². The molecule has 3 aromatic rings. The van der Waals surface area contributed by atoms with Gasteiger partial charge in [0.2, 0.25) is 5.88 Å². The van der Waals surface area contributed by atoms with Crippen molar-refractivity contribution < 1.29 is 14.3 Å². The van der Waals surface area contributed by atoms with E-state index in [1.165, 1.54) is 0 Å². The Morgan fingerprint density at radius 3 is 2.59 bits per heavy atom. The molecule has 0 saturated heterocycles. The molecule has 1 N–H and O–H groups in total. The summed E-state index contributed by atoms with van der Waals surface area (Å²) in [4.78, 5) is 12.2. The molecule has 1 heterocycles. The Labute approximate surface area is 202 Å². The van der Waals surface area contributed by atoms with Crippen LogP contribution in [-0.4, -0.2) is 22.5 Å². The zero-order valence-corrected chi connectivity index (χ0v) is 20.3. The highest BCUT2D eigenvalue weighted by Gasteiger charge is 2.13. The van der Waals surface area contributed by atoms with Crippen LogP contribution < -0.4 is 14.8 Å². The van der Waals surface area contributed by atoms with Gasteiger partial charge in [-0.25, -0.2) is 4.79 Å². The molecule has 0 radical (unpaired) electrons. The average molecular weight is 497 g/mol. The third-order valence-corrected chi connectivity index (χ3v) is 5.47. The van der Waals surface area contributed by atoms with Crippen molar-refractivity contribution in [3.8, 4) is 11.6 Å². The fourth-order valence-corrected chi connectivity index (χ4v) is 3.39. The van der Waals surface area contributed by atoms with E-state index in [2.05, 4.69) is 24.3 Å². The Kier molecular flexibility index (Phi) is 8.29. The molecule has 0 aliphatic carbocycles. The second-order valence-electron chi connectivity index (χ2n) is 7.73. The van der Waals surface area contributed by atoms with Crippen LogP contribution in [0.2, 0.25) is 15.1 Å². The number of benzene rings is 2. The third kappa shape index (κ3) is 6.79. The molecule has 0 spiro atoms. The number of halogens is 3. The van der Waals surface area contributed by atoms with Crippen molar-refractivity contribution in [2.75, 3.05) is 6.61 Å². The molecule has 32 heavy (non-hydrogen) atoms. The number of amides is 1. The summed E-state index contributed by atoms with van der Waals surface area (Å²) in [6, 6.07) is 12.3. The Bertz CT molecular complexity index is 1100. The Balaban J connectivity index is 1.64. The van der Waals surface area contributed by atoms with E-state index in [-0.39, 0.29) is 12.4 Å². The van der Waals surface area contributed by atoms with Crippen molar-refractivity contribution >= 4 is 40.9 Å². The van der Waals surface area contributed by atoms with Crippen LogP contribution in [-0.2, 0) is 13.1 Å². The quantitative estimate of drug-likeness (QED) is 0.385. The van der Waals surface area contributed by atoms with Crippen molar-refractivity contribution in [1.82, 2.24) is 15.1 Å². The van der Waals surface area contributed by atoms with Crippen molar-refractivity contribution in [2.24, 2.45) is 5.92 Å². The highest BCUT2D eigenvalue weighted by Crippen LogP contribution is 2.26. The summed E-state index contributed by atoms with van der Waals surface area (Å²) in [7, 11) is 0. The molecular formula is C23H24Cl3N3O3. The summed E-state index contributed by atoms with van der Waals surface area (Å²) < 4.78 is 13.0.